The van der Waals surface area contributed by atoms with Gasteiger partial charge in [-0.1, -0.05) is 78.0 Å². The molecule has 1 saturated heterocycles. The number of hydrogen-bond donors (Lipinski definition) is 2. The number of hydrogen-bond acceptors (Lipinski definition) is 5. The molecule has 0 bridgehead atoms. The molecule has 1 aliphatic rings. The second-order valence-corrected chi connectivity index (χ2v) is 8.84. The normalized spacial score (nSPS) is 17.1. The molecule has 2 N–H and O–H groups in total. The highest BCUT2D eigenvalue weighted by Crippen LogP contribution is 2.25. The molecule has 7 nitrogen and oxygen atoms in total. The summed E-state index contributed by atoms with van der Waals surface area (Å²) in [7, 11) is 1.49. The van der Waals surface area contributed by atoms with E-state index in [9.17, 15) is 14.7 Å². The summed E-state index contributed by atoms with van der Waals surface area (Å²) >= 11 is 0. The number of likely N-dealkylation sites (tertiary alicyclic amines) is 1. The highest BCUT2D eigenvalue weighted by Gasteiger charge is 2.34. The molecule has 0 aliphatic carbocycles. The molecule has 3 aromatic carbocycles. The van der Waals surface area contributed by atoms with E-state index in [2.05, 4.69) is 10.5 Å². The van der Waals surface area contributed by atoms with Crippen molar-refractivity contribution in [1.82, 2.24) is 10.2 Å². The molecule has 1 fully saturated rings. The van der Waals surface area contributed by atoms with E-state index in [0.29, 0.717) is 24.9 Å². The van der Waals surface area contributed by atoms with Crippen LogP contribution in [-0.4, -0.2) is 53.8 Å². The molecular formula is C29H31N3O4. The Labute approximate surface area is 211 Å². The van der Waals surface area contributed by atoms with Crippen LogP contribution in [0.3, 0.4) is 0 Å². The zero-order chi connectivity index (χ0) is 25.3. The summed E-state index contributed by atoms with van der Waals surface area (Å²) < 4.78 is 0. The number of carbonyl (C=O) groups is 2. The van der Waals surface area contributed by atoms with Crippen LogP contribution in [0.4, 0.5) is 0 Å². The number of rotatable bonds is 9. The number of carbonyl (C=O) groups excluding carboxylic acids is 2. The van der Waals surface area contributed by atoms with Crippen molar-refractivity contribution in [3.8, 4) is 11.1 Å². The van der Waals surface area contributed by atoms with Crippen molar-refractivity contribution >= 4 is 17.5 Å². The molecule has 0 spiro atoms. The Morgan fingerprint density at radius 3 is 2.31 bits per heavy atom. The zero-order valence-electron chi connectivity index (χ0n) is 20.3. The smallest absolute Gasteiger partial charge is 0.254 e. The van der Waals surface area contributed by atoms with Crippen LogP contribution < -0.4 is 5.32 Å². The van der Waals surface area contributed by atoms with Crippen molar-refractivity contribution in [1.29, 1.82) is 0 Å². The minimum atomic E-state index is -0.765. The van der Waals surface area contributed by atoms with E-state index in [1.54, 1.807) is 4.90 Å². The number of nitrogens with one attached hydrogen (secondary N) is 1. The maximum absolute atomic E-state index is 13.4. The lowest BCUT2D eigenvalue weighted by Crippen LogP contribution is -2.37. The van der Waals surface area contributed by atoms with Crippen LogP contribution in [0.25, 0.3) is 11.1 Å². The van der Waals surface area contributed by atoms with Crippen LogP contribution in [0.5, 0.6) is 0 Å². The third-order valence-corrected chi connectivity index (χ3v) is 6.37. The third kappa shape index (κ3) is 6.37. The summed E-state index contributed by atoms with van der Waals surface area (Å²) in [5, 5.41) is 17.1. The number of benzene rings is 3. The molecule has 2 amide bonds. The standard InChI is InChI=1S/C29H31N3O4/c1-36-31-25-18-26(16-17-28(34)30-19-27(33)23-10-6-3-7-11-23)32(20-25)29(35)24-14-12-22(13-15-24)21-8-4-2-5-9-21/h2-15,26-27,33H,16-20H2,1H3,(H,30,34)/t26-,27-/m1/s1. The van der Waals surface area contributed by atoms with Crippen molar-refractivity contribution < 1.29 is 19.5 Å². The number of aliphatic hydroxyl groups excluding tert-OH is 1. The topological polar surface area (TPSA) is 91.2 Å². The molecule has 0 radical (unpaired) electrons. The van der Waals surface area contributed by atoms with Gasteiger partial charge < -0.3 is 20.2 Å². The van der Waals surface area contributed by atoms with Gasteiger partial charge in [0.05, 0.1) is 18.4 Å². The van der Waals surface area contributed by atoms with Crippen molar-refractivity contribution in [2.75, 3.05) is 20.2 Å². The first-order chi connectivity index (χ1) is 17.5. The van der Waals surface area contributed by atoms with Crippen LogP contribution in [0.1, 0.15) is 41.3 Å². The van der Waals surface area contributed by atoms with Crippen LogP contribution in [0.2, 0.25) is 0 Å². The second kappa shape index (κ2) is 12.1. The number of oxime groups is 1. The fraction of sp³-hybridized carbons (Fsp3) is 0.276. The Morgan fingerprint density at radius 2 is 1.64 bits per heavy atom. The van der Waals surface area contributed by atoms with E-state index in [-0.39, 0.29) is 30.8 Å². The van der Waals surface area contributed by atoms with Crippen LogP contribution in [-0.2, 0) is 9.63 Å². The third-order valence-electron chi connectivity index (χ3n) is 6.37. The molecule has 1 aliphatic heterocycles. The Hall–Kier alpha value is -3.97. The Balaban J connectivity index is 1.37. The molecule has 0 saturated carbocycles. The van der Waals surface area contributed by atoms with Crippen LogP contribution in [0, 0.1) is 0 Å². The van der Waals surface area contributed by atoms with Gasteiger partial charge in [-0.05, 0) is 35.2 Å². The molecule has 36 heavy (non-hydrogen) atoms. The van der Waals surface area contributed by atoms with Gasteiger partial charge in [0.15, 0.2) is 0 Å². The summed E-state index contributed by atoms with van der Waals surface area (Å²) in [5.74, 6) is -0.262. The summed E-state index contributed by atoms with van der Waals surface area (Å²) in [6.07, 6.45) is 0.521. The summed E-state index contributed by atoms with van der Waals surface area (Å²) in [4.78, 5) is 32.6. The fourth-order valence-corrected chi connectivity index (χ4v) is 4.45. The van der Waals surface area contributed by atoms with Gasteiger partial charge in [-0.3, -0.25) is 9.59 Å². The average molecular weight is 486 g/mol. The van der Waals surface area contributed by atoms with Gasteiger partial charge in [0, 0.05) is 31.0 Å². The maximum Gasteiger partial charge on any atom is 0.254 e. The first-order valence-corrected chi connectivity index (χ1v) is 12.1. The molecule has 1 heterocycles. The first-order valence-electron chi connectivity index (χ1n) is 12.1. The van der Waals surface area contributed by atoms with E-state index in [1.165, 1.54) is 7.11 Å². The van der Waals surface area contributed by atoms with Crippen molar-refractivity contribution in [2.24, 2.45) is 5.16 Å². The summed E-state index contributed by atoms with van der Waals surface area (Å²) in [6.45, 7) is 0.506. The van der Waals surface area contributed by atoms with Gasteiger partial charge in [-0.2, -0.15) is 0 Å². The van der Waals surface area contributed by atoms with Crippen molar-refractivity contribution in [2.45, 2.75) is 31.4 Å². The van der Waals surface area contributed by atoms with E-state index >= 15 is 0 Å². The SMILES string of the molecule is CON=C1C[C@@H](CCC(=O)NC[C@@H](O)c2ccccc2)N(C(=O)c2ccc(-c3ccccc3)cc2)C1. The minimum absolute atomic E-state index is 0.0965. The van der Waals surface area contributed by atoms with E-state index in [1.807, 2.05) is 84.9 Å². The monoisotopic (exact) mass is 485 g/mol. The van der Waals surface area contributed by atoms with Gasteiger partial charge in [0.2, 0.25) is 5.91 Å². The summed E-state index contributed by atoms with van der Waals surface area (Å²) in [6, 6.07) is 26.6. The molecule has 0 unspecified atom stereocenters. The Kier molecular flexibility index (Phi) is 8.47. The Bertz CT molecular complexity index is 1180. The van der Waals surface area contributed by atoms with Gasteiger partial charge in [0.25, 0.3) is 5.91 Å². The lowest BCUT2D eigenvalue weighted by atomic mass is 10.0. The highest BCUT2D eigenvalue weighted by atomic mass is 16.6. The van der Waals surface area contributed by atoms with Crippen LogP contribution >= 0.6 is 0 Å². The van der Waals surface area contributed by atoms with Crippen molar-refractivity contribution in [3.63, 3.8) is 0 Å². The zero-order valence-corrected chi connectivity index (χ0v) is 20.3. The fourth-order valence-electron chi connectivity index (χ4n) is 4.45. The molecule has 186 valence electrons. The minimum Gasteiger partial charge on any atom is -0.399 e. The maximum atomic E-state index is 13.4. The highest BCUT2D eigenvalue weighted by molar-refractivity contribution is 6.00. The van der Waals surface area contributed by atoms with Crippen LogP contribution in [0.15, 0.2) is 90.1 Å². The van der Waals surface area contributed by atoms with Gasteiger partial charge >= 0.3 is 0 Å². The van der Waals surface area contributed by atoms with Crippen molar-refractivity contribution in [3.05, 3.63) is 96.1 Å². The van der Waals surface area contributed by atoms with E-state index in [4.69, 9.17) is 4.84 Å². The summed E-state index contributed by atoms with van der Waals surface area (Å²) in [5.41, 5.74) is 4.25. The quantitative estimate of drug-likeness (QED) is 0.445. The molecular weight excluding hydrogens is 454 g/mol. The van der Waals surface area contributed by atoms with Gasteiger partial charge in [-0.15, -0.1) is 0 Å². The molecule has 7 heteroatoms. The average Bonchev–Trinajstić information content (AvgIpc) is 3.34. The van der Waals surface area contributed by atoms with E-state index in [0.717, 1.165) is 22.4 Å². The van der Waals surface area contributed by atoms with Gasteiger partial charge in [-0.25, -0.2) is 0 Å². The molecule has 2 atom stereocenters. The molecule has 0 aromatic heterocycles. The number of aliphatic hydroxyl groups is 1. The first kappa shape index (κ1) is 25.1. The lowest BCUT2D eigenvalue weighted by Gasteiger charge is -2.24. The Morgan fingerprint density at radius 1 is 1.00 bits per heavy atom. The predicted octanol–water partition coefficient (Wildman–Crippen LogP) is 4.20. The number of amides is 2. The molecule has 3 aromatic rings. The largest absolute Gasteiger partial charge is 0.399 e. The lowest BCUT2D eigenvalue weighted by molar-refractivity contribution is -0.121. The predicted molar refractivity (Wildman–Crippen MR) is 139 cm³/mol. The van der Waals surface area contributed by atoms with Gasteiger partial charge in [0.1, 0.15) is 7.11 Å². The second-order valence-electron chi connectivity index (χ2n) is 8.84. The van der Waals surface area contributed by atoms with E-state index < -0.39 is 6.10 Å². The molecule has 4 rings (SSSR count). The number of nitrogens with zero attached hydrogens (tertiary/aromatic N) is 2.